The zero-order valence-electron chi connectivity index (χ0n) is 17.9. The molecule has 1 N–H and O–H groups in total. The second kappa shape index (κ2) is 11.3. The average Bonchev–Trinajstić information content (AvgIpc) is 3.36. The molecule has 0 aromatic heterocycles. The SMILES string of the molecule is COc1ccc(NC(=O)COC(=O)c2ccccc2SCC(=O)N2CCCC2)c([N+](=O)[O-])c1. The summed E-state index contributed by atoms with van der Waals surface area (Å²) in [5.74, 6) is -0.979. The topological polar surface area (TPSA) is 128 Å². The van der Waals surface area contributed by atoms with Gasteiger partial charge in [-0.15, -0.1) is 11.8 Å². The van der Waals surface area contributed by atoms with Gasteiger partial charge < -0.3 is 19.7 Å². The first-order valence-corrected chi connectivity index (χ1v) is 11.2. The van der Waals surface area contributed by atoms with Gasteiger partial charge in [0, 0.05) is 18.0 Å². The van der Waals surface area contributed by atoms with Gasteiger partial charge in [-0.2, -0.15) is 0 Å². The fourth-order valence-electron chi connectivity index (χ4n) is 3.25. The van der Waals surface area contributed by atoms with E-state index in [1.165, 1.54) is 37.1 Å². The maximum Gasteiger partial charge on any atom is 0.339 e. The van der Waals surface area contributed by atoms with Crippen molar-refractivity contribution in [1.82, 2.24) is 4.90 Å². The van der Waals surface area contributed by atoms with Crippen LogP contribution in [0.2, 0.25) is 0 Å². The highest BCUT2D eigenvalue weighted by Gasteiger charge is 2.21. The number of rotatable bonds is 9. The predicted octanol–water partition coefficient (Wildman–Crippen LogP) is 3.11. The van der Waals surface area contributed by atoms with Crippen molar-refractivity contribution in [2.75, 3.05) is 37.9 Å². The van der Waals surface area contributed by atoms with Crippen LogP contribution in [-0.2, 0) is 14.3 Å². The van der Waals surface area contributed by atoms with Crippen molar-refractivity contribution in [3.8, 4) is 5.75 Å². The van der Waals surface area contributed by atoms with Crippen molar-refractivity contribution < 1.29 is 28.8 Å². The minimum atomic E-state index is -0.731. The number of carbonyl (C=O) groups excluding carboxylic acids is 3. The number of nitrogens with one attached hydrogen (secondary N) is 1. The molecule has 1 fully saturated rings. The molecule has 1 saturated heterocycles. The summed E-state index contributed by atoms with van der Waals surface area (Å²) in [6, 6.07) is 10.6. The van der Waals surface area contributed by atoms with E-state index in [0.29, 0.717) is 4.90 Å². The van der Waals surface area contributed by atoms with E-state index in [9.17, 15) is 24.5 Å². The van der Waals surface area contributed by atoms with Gasteiger partial charge in [0.2, 0.25) is 5.91 Å². The molecule has 0 aliphatic carbocycles. The predicted molar refractivity (Wildman–Crippen MR) is 122 cm³/mol. The van der Waals surface area contributed by atoms with E-state index >= 15 is 0 Å². The average molecular weight is 474 g/mol. The van der Waals surface area contributed by atoms with Crippen molar-refractivity contribution in [1.29, 1.82) is 0 Å². The molecule has 1 aliphatic heterocycles. The maximum atomic E-state index is 12.5. The van der Waals surface area contributed by atoms with Crippen molar-refractivity contribution in [2.45, 2.75) is 17.7 Å². The molecule has 2 amide bonds. The van der Waals surface area contributed by atoms with Gasteiger partial charge in [0.1, 0.15) is 11.4 Å². The molecule has 3 rings (SSSR count). The third-order valence-electron chi connectivity index (χ3n) is 4.93. The maximum absolute atomic E-state index is 12.5. The number of carbonyl (C=O) groups is 3. The molecule has 0 radical (unpaired) electrons. The van der Waals surface area contributed by atoms with E-state index in [-0.39, 0.29) is 34.3 Å². The van der Waals surface area contributed by atoms with Crippen molar-refractivity contribution in [2.24, 2.45) is 0 Å². The molecule has 1 aliphatic rings. The molecular weight excluding hydrogens is 450 g/mol. The number of thioether (sulfide) groups is 1. The zero-order valence-corrected chi connectivity index (χ0v) is 18.8. The lowest BCUT2D eigenvalue weighted by Gasteiger charge is -2.15. The molecule has 0 unspecified atom stereocenters. The number of esters is 1. The quantitative estimate of drug-likeness (QED) is 0.255. The van der Waals surface area contributed by atoms with Gasteiger partial charge in [-0.05, 0) is 37.1 Å². The fraction of sp³-hybridized carbons (Fsp3) is 0.318. The third kappa shape index (κ3) is 6.45. The van der Waals surface area contributed by atoms with Crippen LogP contribution in [0, 0.1) is 10.1 Å². The summed E-state index contributed by atoms with van der Waals surface area (Å²) < 4.78 is 10.1. The first kappa shape index (κ1) is 24.1. The number of anilines is 1. The highest BCUT2D eigenvalue weighted by molar-refractivity contribution is 8.00. The van der Waals surface area contributed by atoms with Gasteiger partial charge in [0.15, 0.2) is 6.61 Å². The minimum Gasteiger partial charge on any atom is -0.496 e. The Morgan fingerprint density at radius 2 is 1.88 bits per heavy atom. The first-order valence-electron chi connectivity index (χ1n) is 10.2. The van der Waals surface area contributed by atoms with E-state index in [1.54, 1.807) is 29.2 Å². The van der Waals surface area contributed by atoms with Gasteiger partial charge in [0.25, 0.3) is 11.6 Å². The molecule has 0 saturated carbocycles. The van der Waals surface area contributed by atoms with Crippen LogP contribution in [0.25, 0.3) is 0 Å². The van der Waals surface area contributed by atoms with Gasteiger partial charge in [-0.1, -0.05) is 12.1 Å². The Balaban J connectivity index is 1.58. The van der Waals surface area contributed by atoms with Crippen molar-refractivity contribution in [3.05, 3.63) is 58.1 Å². The number of nitro groups is 1. The molecule has 2 aromatic carbocycles. The van der Waals surface area contributed by atoms with Crippen LogP contribution >= 0.6 is 11.8 Å². The number of amides is 2. The van der Waals surface area contributed by atoms with Gasteiger partial charge in [0.05, 0.1) is 29.4 Å². The number of hydrogen-bond donors (Lipinski definition) is 1. The monoisotopic (exact) mass is 473 g/mol. The summed E-state index contributed by atoms with van der Waals surface area (Å²) in [6.45, 7) is 0.878. The molecule has 10 nitrogen and oxygen atoms in total. The largest absolute Gasteiger partial charge is 0.496 e. The highest BCUT2D eigenvalue weighted by atomic mass is 32.2. The summed E-state index contributed by atoms with van der Waals surface area (Å²) in [7, 11) is 1.37. The Hall–Kier alpha value is -3.60. The van der Waals surface area contributed by atoms with E-state index in [0.717, 1.165) is 25.9 Å². The lowest BCUT2D eigenvalue weighted by molar-refractivity contribution is -0.384. The van der Waals surface area contributed by atoms with Gasteiger partial charge >= 0.3 is 5.97 Å². The molecule has 11 heteroatoms. The van der Waals surface area contributed by atoms with Crippen molar-refractivity contribution in [3.63, 3.8) is 0 Å². The smallest absolute Gasteiger partial charge is 0.339 e. The van der Waals surface area contributed by atoms with Crippen LogP contribution in [0.15, 0.2) is 47.4 Å². The number of methoxy groups -OCH3 is 1. The highest BCUT2D eigenvalue weighted by Crippen LogP contribution is 2.29. The molecule has 0 bridgehead atoms. The molecule has 0 spiro atoms. The summed E-state index contributed by atoms with van der Waals surface area (Å²) in [5, 5.41) is 13.6. The lowest BCUT2D eigenvalue weighted by atomic mass is 10.2. The third-order valence-corrected chi connectivity index (χ3v) is 5.99. The van der Waals surface area contributed by atoms with Gasteiger partial charge in [-0.3, -0.25) is 19.7 Å². The van der Waals surface area contributed by atoms with E-state index < -0.39 is 23.4 Å². The summed E-state index contributed by atoms with van der Waals surface area (Å²) in [6.07, 6.45) is 2.00. The van der Waals surface area contributed by atoms with E-state index in [1.807, 2.05) is 0 Å². The number of nitrogens with zero attached hydrogens (tertiary/aromatic N) is 2. The van der Waals surface area contributed by atoms with Crippen LogP contribution < -0.4 is 10.1 Å². The van der Waals surface area contributed by atoms with E-state index in [4.69, 9.17) is 9.47 Å². The number of likely N-dealkylation sites (tertiary alicyclic amines) is 1. The Kier molecular flexibility index (Phi) is 8.25. The Bertz CT molecular complexity index is 1050. The summed E-state index contributed by atoms with van der Waals surface area (Å²) >= 11 is 1.24. The Morgan fingerprint density at radius 1 is 1.15 bits per heavy atom. The normalized spacial score (nSPS) is 12.8. The Labute approximate surface area is 194 Å². The Morgan fingerprint density at radius 3 is 2.58 bits per heavy atom. The zero-order chi connectivity index (χ0) is 23.8. The lowest BCUT2D eigenvalue weighted by Crippen LogP contribution is -2.29. The number of ether oxygens (including phenoxy) is 2. The van der Waals surface area contributed by atoms with Crippen molar-refractivity contribution >= 4 is 40.9 Å². The molecule has 33 heavy (non-hydrogen) atoms. The van der Waals surface area contributed by atoms with Crippen LogP contribution in [0.5, 0.6) is 5.75 Å². The second-order valence-corrected chi connectivity index (χ2v) is 8.15. The number of hydrogen-bond acceptors (Lipinski definition) is 8. The molecule has 0 atom stereocenters. The molecule has 174 valence electrons. The first-order chi connectivity index (χ1) is 15.9. The minimum absolute atomic E-state index is 0.0149. The fourth-order valence-corrected chi connectivity index (χ4v) is 4.19. The van der Waals surface area contributed by atoms with Crippen LogP contribution in [0.3, 0.4) is 0 Å². The summed E-state index contributed by atoms with van der Waals surface area (Å²) in [5.41, 5.74) is -0.156. The summed E-state index contributed by atoms with van der Waals surface area (Å²) in [4.78, 5) is 50.0. The standard InChI is InChI=1S/C22H23N3O7S/c1-31-15-8-9-17(18(12-15)25(29)30)23-20(26)13-32-22(28)16-6-2-3-7-19(16)33-14-21(27)24-10-4-5-11-24/h2-3,6-9,12H,4-5,10-11,13-14H2,1H3,(H,23,26). The molecule has 2 aromatic rings. The van der Waals surface area contributed by atoms with Gasteiger partial charge in [-0.25, -0.2) is 4.79 Å². The van der Waals surface area contributed by atoms with E-state index in [2.05, 4.69) is 5.32 Å². The van der Waals surface area contributed by atoms with Crippen LogP contribution in [0.4, 0.5) is 11.4 Å². The van der Waals surface area contributed by atoms with Crippen LogP contribution in [0.1, 0.15) is 23.2 Å². The number of benzene rings is 2. The van der Waals surface area contributed by atoms with Crippen LogP contribution in [-0.4, -0.2) is 60.2 Å². The molecule has 1 heterocycles. The number of nitro benzene ring substituents is 1. The molecular formula is C22H23N3O7S. The second-order valence-electron chi connectivity index (χ2n) is 7.14.